The molecule has 27 heavy (non-hydrogen) atoms. The highest BCUT2D eigenvalue weighted by molar-refractivity contribution is 5.81. The smallest absolute Gasteiger partial charge is 0.391 e. The van der Waals surface area contributed by atoms with Gasteiger partial charge in [-0.3, -0.25) is 4.79 Å². The van der Waals surface area contributed by atoms with Crippen LogP contribution in [0.2, 0.25) is 0 Å². The van der Waals surface area contributed by atoms with E-state index in [-0.39, 0.29) is 6.42 Å². The Bertz CT molecular complexity index is 671. The molecular weight excluding hydrogens is 359 g/mol. The summed E-state index contributed by atoms with van der Waals surface area (Å²) in [6, 6.07) is 6.90. The van der Waals surface area contributed by atoms with E-state index in [4.69, 9.17) is 0 Å². The van der Waals surface area contributed by atoms with Crippen molar-refractivity contribution in [1.82, 2.24) is 5.32 Å². The third-order valence-electron chi connectivity index (χ3n) is 3.92. The van der Waals surface area contributed by atoms with Gasteiger partial charge in [0, 0.05) is 18.5 Å². The average molecular weight is 385 g/mol. The monoisotopic (exact) mass is 385 g/mol. The second-order valence-corrected chi connectivity index (χ2v) is 6.55. The standard InChI is InChI=1S/C20H26F3NO3/c1-3-9-19(27,10-4-2)11-8-15-6-5-7-16(12-15)13-17(25)14-24-18(26)20(21,22)23/h5-7,12,17,25,27H,3-4,9-10,13-14H2,1-2H3,(H,24,26). The molecule has 1 atom stereocenters. The maximum Gasteiger partial charge on any atom is 0.471 e. The van der Waals surface area contributed by atoms with Gasteiger partial charge in [-0.15, -0.1) is 0 Å². The van der Waals surface area contributed by atoms with Gasteiger partial charge in [0.05, 0.1) is 6.10 Å². The molecule has 0 heterocycles. The van der Waals surface area contributed by atoms with Crippen LogP contribution in [0, 0.1) is 11.8 Å². The van der Waals surface area contributed by atoms with E-state index >= 15 is 0 Å². The number of aliphatic hydroxyl groups is 2. The van der Waals surface area contributed by atoms with E-state index in [1.54, 1.807) is 29.6 Å². The molecule has 1 unspecified atom stereocenters. The zero-order valence-electron chi connectivity index (χ0n) is 15.6. The lowest BCUT2D eigenvalue weighted by atomic mass is 9.93. The molecular formula is C20H26F3NO3. The summed E-state index contributed by atoms with van der Waals surface area (Å²) in [6.07, 6.45) is -3.29. The predicted octanol–water partition coefficient (Wildman–Crippen LogP) is 2.95. The Morgan fingerprint density at radius 1 is 1.22 bits per heavy atom. The molecule has 1 rings (SSSR count). The van der Waals surface area contributed by atoms with Crippen molar-refractivity contribution in [1.29, 1.82) is 0 Å². The van der Waals surface area contributed by atoms with E-state index in [1.807, 2.05) is 13.8 Å². The minimum atomic E-state index is -4.97. The van der Waals surface area contributed by atoms with Crippen molar-refractivity contribution in [3.63, 3.8) is 0 Å². The predicted molar refractivity (Wildman–Crippen MR) is 96.9 cm³/mol. The van der Waals surface area contributed by atoms with Crippen LogP contribution in [0.5, 0.6) is 0 Å². The average Bonchev–Trinajstić information content (AvgIpc) is 2.58. The summed E-state index contributed by atoms with van der Waals surface area (Å²) < 4.78 is 36.4. The van der Waals surface area contributed by atoms with E-state index in [0.29, 0.717) is 24.0 Å². The Morgan fingerprint density at radius 3 is 2.41 bits per heavy atom. The Morgan fingerprint density at radius 2 is 1.85 bits per heavy atom. The van der Waals surface area contributed by atoms with Crippen molar-refractivity contribution in [3.05, 3.63) is 35.4 Å². The van der Waals surface area contributed by atoms with E-state index in [9.17, 15) is 28.2 Å². The maximum absolute atomic E-state index is 12.1. The highest BCUT2D eigenvalue weighted by Gasteiger charge is 2.38. The summed E-state index contributed by atoms with van der Waals surface area (Å²) >= 11 is 0. The van der Waals surface area contributed by atoms with Crippen LogP contribution in [0.3, 0.4) is 0 Å². The molecule has 0 radical (unpaired) electrons. The van der Waals surface area contributed by atoms with Crippen LogP contribution in [-0.2, 0) is 11.2 Å². The van der Waals surface area contributed by atoms with Crippen molar-refractivity contribution in [2.75, 3.05) is 6.54 Å². The van der Waals surface area contributed by atoms with Gasteiger partial charge in [0.1, 0.15) is 5.60 Å². The van der Waals surface area contributed by atoms with Gasteiger partial charge < -0.3 is 15.5 Å². The lowest BCUT2D eigenvalue weighted by molar-refractivity contribution is -0.173. The molecule has 0 saturated carbocycles. The van der Waals surface area contributed by atoms with Crippen LogP contribution in [-0.4, -0.2) is 40.5 Å². The Balaban J connectivity index is 2.74. The van der Waals surface area contributed by atoms with Gasteiger partial charge in [0.2, 0.25) is 0 Å². The normalized spacial score (nSPS) is 12.9. The molecule has 0 bridgehead atoms. The van der Waals surface area contributed by atoms with Crippen LogP contribution >= 0.6 is 0 Å². The quantitative estimate of drug-likeness (QED) is 0.603. The van der Waals surface area contributed by atoms with Gasteiger partial charge in [-0.1, -0.05) is 50.7 Å². The van der Waals surface area contributed by atoms with Crippen molar-refractivity contribution in [3.8, 4) is 11.8 Å². The Hall–Kier alpha value is -2.04. The molecule has 7 heteroatoms. The minimum Gasteiger partial charge on any atom is -0.391 e. The second-order valence-electron chi connectivity index (χ2n) is 6.55. The number of rotatable bonds is 8. The molecule has 1 aromatic rings. The number of nitrogens with one attached hydrogen (secondary N) is 1. The van der Waals surface area contributed by atoms with E-state index < -0.39 is 30.3 Å². The summed E-state index contributed by atoms with van der Waals surface area (Å²) in [5, 5.41) is 22.0. The highest BCUT2D eigenvalue weighted by atomic mass is 19.4. The Labute approximate surface area is 157 Å². The van der Waals surface area contributed by atoms with Crippen molar-refractivity contribution >= 4 is 5.91 Å². The number of hydrogen-bond donors (Lipinski definition) is 3. The van der Waals surface area contributed by atoms with E-state index in [1.165, 1.54) is 0 Å². The van der Waals surface area contributed by atoms with Crippen molar-refractivity contribution in [2.24, 2.45) is 0 Å². The Kier molecular flexibility index (Phi) is 8.80. The fourth-order valence-corrected chi connectivity index (χ4v) is 2.70. The van der Waals surface area contributed by atoms with Crippen molar-refractivity contribution < 1.29 is 28.2 Å². The molecule has 0 aliphatic heterocycles. The molecule has 150 valence electrons. The van der Waals surface area contributed by atoms with Gasteiger partial charge in [-0.05, 0) is 30.5 Å². The van der Waals surface area contributed by atoms with Crippen LogP contribution in [0.15, 0.2) is 24.3 Å². The fourth-order valence-electron chi connectivity index (χ4n) is 2.70. The molecule has 3 N–H and O–H groups in total. The summed E-state index contributed by atoms with van der Waals surface area (Å²) in [4.78, 5) is 10.8. The number of hydrogen-bond acceptors (Lipinski definition) is 3. The molecule has 0 aliphatic carbocycles. The molecule has 4 nitrogen and oxygen atoms in total. The molecule has 0 saturated heterocycles. The molecule has 0 aliphatic rings. The molecule has 0 spiro atoms. The van der Waals surface area contributed by atoms with Gasteiger partial charge in [-0.2, -0.15) is 13.2 Å². The minimum absolute atomic E-state index is 0.0713. The van der Waals surface area contributed by atoms with Gasteiger partial charge in [-0.25, -0.2) is 0 Å². The van der Waals surface area contributed by atoms with Gasteiger partial charge >= 0.3 is 12.1 Å². The lowest BCUT2D eigenvalue weighted by Gasteiger charge is -2.20. The molecule has 1 aromatic carbocycles. The van der Waals surface area contributed by atoms with Gasteiger partial charge in [0.15, 0.2) is 0 Å². The number of amides is 1. The summed E-state index contributed by atoms with van der Waals surface area (Å²) in [5.74, 6) is 3.77. The third-order valence-corrected chi connectivity index (χ3v) is 3.92. The zero-order chi connectivity index (χ0) is 20.5. The molecule has 0 aromatic heterocycles. The number of aliphatic hydroxyl groups excluding tert-OH is 1. The first-order valence-electron chi connectivity index (χ1n) is 8.97. The number of halogens is 3. The van der Waals surface area contributed by atoms with Crippen LogP contribution < -0.4 is 5.32 Å². The number of carbonyl (C=O) groups excluding carboxylic acids is 1. The number of alkyl halides is 3. The highest BCUT2D eigenvalue weighted by Crippen LogP contribution is 2.19. The van der Waals surface area contributed by atoms with Gasteiger partial charge in [0.25, 0.3) is 0 Å². The number of carbonyl (C=O) groups is 1. The van der Waals surface area contributed by atoms with Crippen LogP contribution in [0.4, 0.5) is 13.2 Å². The summed E-state index contributed by atoms with van der Waals surface area (Å²) in [7, 11) is 0. The zero-order valence-corrected chi connectivity index (χ0v) is 15.6. The first-order chi connectivity index (χ1) is 12.6. The first-order valence-corrected chi connectivity index (χ1v) is 8.97. The largest absolute Gasteiger partial charge is 0.471 e. The molecule has 1 amide bonds. The summed E-state index contributed by atoms with van der Waals surface area (Å²) in [6.45, 7) is 3.45. The van der Waals surface area contributed by atoms with E-state index in [0.717, 1.165) is 12.8 Å². The topological polar surface area (TPSA) is 69.6 Å². The number of benzene rings is 1. The SMILES string of the molecule is CCCC(O)(C#Cc1cccc(CC(O)CNC(=O)C(F)(F)F)c1)CCC. The van der Waals surface area contributed by atoms with Crippen molar-refractivity contribution in [2.45, 2.75) is 63.8 Å². The fraction of sp³-hybridized carbons (Fsp3) is 0.550. The second kappa shape index (κ2) is 10.3. The third kappa shape index (κ3) is 8.46. The van der Waals surface area contributed by atoms with Crippen LogP contribution in [0.1, 0.15) is 50.7 Å². The van der Waals surface area contributed by atoms with Crippen LogP contribution in [0.25, 0.3) is 0 Å². The first kappa shape index (κ1) is 23.0. The lowest BCUT2D eigenvalue weighted by Crippen LogP contribution is -2.41. The maximum atomic E-state index is 12.1. The summed E-state index contributed by atoms with van der Waals surface area (Å²) in [5.41, 5.74) is 0.274. The van der Waals surface area contributed by atoms with E-state index in [2.05, 4.69) is 11.8 Å². The molecule has 0 fully saturated rings.